The molecule has 4 atom stereocenters. The number of benzene rings is 1. The number of anilines is 1. The number of aliphatic hydroxyl groups excluding tert-OH is 1. The van der Waals surface area contributed by atoms with Crippen LogP contribution in [-0.4, -0.2) is 86.1 Å². The summed E-state index contributed by atoms with van der Waals surface area (Å²) < 4.78 is 40.6. The molecule has 1 aliphatic heterocycles. The van der Waals surface area contributed by atoms with E-state index in [1.807, 2.05) is 13.8 Å². The lowest BCUT2D eigenvalue weighted by Gasteiger charge is -2.35. The van der Waals surface area contributed by atoms with Crippen LogP contribution in [0.1, 0.15) is 82.5 Å². The fourth-order valence-corrected chi connectivity index (χ4v) is 8.37. The summed E-state index contributed by atoms with van der Waals surface area (Å²) in [5.41, 5.74) is 0.837. The number of nitrogens with zero attached hydrogens (tertiary/aromatic N) is 2. The molecule has 10 nitrogen and oxygen atoms in total. The average Bonchev–Trinajstić information content (AvgIpc) is 3.59. The van der Waals surface area contributed by atoms with Crippen molar-refractivity contribution in [1.82, 2.24) is 9.21 Å². The van der Waals surface area contributed by atoms with Crippen LogP contribution >= 0.6 is 11.3 Å². The molecule has 250 valence electrons. The zero-order chi connectivity index (χ0) is 32.6. The minimum atomic E-state index is -3.69. The lowest BCUT2D eigenvalue weighted by Crippen LogP contribution is -2.48. The second-order valence-corrected chi connectivity index (χ2v) is 15.8. The number of rotatable bonds is 8. The number of likely N-dealkylation sites (N-methyl/N-ethyl adjacent to an activating group) is 1. The number of aliphatic hydroxyl groups is 1. The van der Waals surface area contributed by atoms with E-state index in [0.29, 0.717) is 23.6 Å². The Labute approximate surface area is 272 Å². The lowest BCUT2D eigenvalue weighted by molar-refractivity contribution is -0.120. The van der Waals surface area contributed by atoms with Gasteiger partial charge < -0.3 is 24.8 Å². The van der Waals surface area contributed by atoms with Crippen LogP contribution < -0.4 is 10.1 Å². The molecule has 45 heavy (non-hydrogen) atoms. The van der Waals surface area contributed by atoms with Crippen LogP contribution in [0.3, 0.4) is 0 Å². The van der Waals surface area contributed by atoms with E-state index in [9.17, 15) is 23.1 Å². The molecular formula is C33H49N3O7S2. The summed E-state index contributed by atoms with van der Waals surface area (Å²) in [6.07, 6.45) is 6.62. The summed E-state index contributed by atoms with van der Waals surface area (Å²) in [7, 11) is -2.15. The van der Waals surface area contributed by atoms with Gasteiger partial charge in [-0.25, -0.2) is 8.42 Å². The van der Waals surface area contributed by atoms with E-state index < -0.39 is 22.2 Å². The molecule has 1 aromatic heterocycles. The number of nitrogens with one attached hydrogen (secondary N) is 1. The maximum Gasteiger partial charge on any atom is 0.258 e. The highest BCUT2D eigenvalue weighted by Gasteiger charge is 2.33. The Bertz CT molecular complexity index is 1360. The van der Waals surface area contributed by atoms with Gasteiger partial charge in [-0.05, 0) is 75.6 Å². The van der Waals surface area contributed by atoms with E-state index in [0.717, 1.165) is 51.4 Å². The Hall–Kier alpha value is -2.51. The number of hydrogen-bond donors (Lipinski definition) is 2. The van der Waals surface area contributed by atoms with E-state index in [4.69, 9.17) is 9.47 Å². The van der Waals surface area contributed by atoms with Gasteiger partial charge in [-0.1, -0.05) is 32.3 Å². The Morgan fingerprint density at radius 1 is 1.13 bits per heavy atom. The van der Waals surface area contributed by atoms with E-state index in [1.54, 1.807) is 54.6 Å². The van der Waals surface area contributed by atoms with Crippen LogP contribution in [0.2, 0.25) is 0 Å². The molecule has 0 radical (unpaired) electrons. The first-order chi connectivity index (χ1) is 21.5. The Morgan fingerprint density at radius 2 is 1.87 bits per heavy atom. The Balaban J connectivity index is 1.63. The third kappa shape index (κ3) is 9.28. The van der Waals surface area contributed by atoms with Crippen LogP contribution in [0, 0.1) is 11.8 Å². The molecule has 0 saturated heterocycles. The summed E-state index contributed by atoms with van der Waals surface area (Å²) in [5.74, 6) is -0.255. The first-order valence-electron chi connectivity index (χ1n) is 16.2. The van der Waals surface area contributed by atoms with E-state index in [2.05, 4.69) is 5.32 Å². The molecule has 1 aliphatic carbocycles. The van der Waals surface area contributed by atoms with Gasteiger partial charge >= 0.3 is 0 Å². The molecule has 0 unspecified atom stereocenters. The van der Waals surface area contributed by atoms with Gasteiger partial charge in [0.1, 0.15) is 9.96 Å². The summed E-state index contributed by atoms with van der Waals surface area (Å²) in [6.45, 7) is 6.18. The van der Waals surface area contributed by atoms with Crippen LogP contribution in [-0.2, 0) is 19.6 Å². The molecule has 2 heterocycles. The molecule has 0 bridgehead atoms. The smallest absolute Gasteiger partial charge is 0.258 e. The highest BCUT2D eigenvalue weighted by Crippen LogP contribution is 2.30. The molecule has 2 aromatic rings. The normalized spacial score (nSPS) is 23.6. The zero-order valence-corrected chi connectivity index (χ0v) is 28.6. The maximum absolute atomic E-state index is 14.3. The van der Waals surface area contributed by atoms with E-state index >= 15 is 0 Å². The largest absolute Gasteiger partial charge is 0.490 e. The van der Waals surface area contributed by atoms with E-state index in [1.165, 1.54) is 15.6 Å². The predicted molar refractivity (Wildman–Crippen MR) is 176 cm³/mol. The lowest BCUT2D eigenvalue weighted by atomic mass is 9.88. The van der Waals surface area contributed by atoms with Crippen molar-refractivity contribution in [3.63, 3.8) is 0 Å². The molecule has 2 aliphatic rings. The SMILES string of the molecule is C[C@@H]1CCCCO[C@@H](CN(C)S(=O)(=O)c2cccs2)[C@H](C)CN([C@H](C)CO)C(=O)c2cc(NC(=O)C3CCCCC3)ccc2O1. The fourth-order valence-electron chi connectivity index (χ4n) is 5.99. The van der Waals surface area contributed by atoms with Crippen molar-refractivity contribution in [2.24, 2.45) is 11.8 Å². The number of ether oxygens (including phenoxy) is 2. The van der Waals surface area contributed by atoms with Gasteiger partial charge in [0, 0.05) is 44.3 Å². The molecule has 12 heteroatoms. The van der Waals surface area contributed by atoms with Gasteiger partial charge in [-0.3, -0.25) is 9.59 Å². The number of hydrogen-bond acceptors (Lipinski definition) is 8. The van der Waals surface area contributed by atoms with Crippen molar-refractivity contribution in [2.75, 3.05) is 38.7 Å². The van der Waals surface area contributed by atoms with Crippen molar-refractivity contribution < 1.29 is 32.6 Å². The summed E-state index contributed by atoms with van der Waals surface area (Å²) in [4.78, 5) is 29.0. The van der Waals surface area contributed by atoms with Crippen LogP contribution in [0.15, 0.2) is 39.9 Å². The number of carbonyl (C=O) groups is 2. The summed E-state index contributed by atoms with van der Waals surface area (Å²) in [6, 6.07) is 7.96. The molecule has 1 saturated carbocycles. The standard InChI is InChI=1S/C33H49N3O7S2/c1-23-20-36(24(2)22-37)33(39)28-19-27(34-32(38)26-12-6-5-7-13-26)15-16-29(28)43-25(3)11-8-9-17-42-30(23)21-35(4)45(40,41)31-14-10-18-44-31/h10,14-16,18-19,23-26,30,37H,5-9,11-13,17,20-22H2,1-4H3,(H,34,38)/t23-,24-,25-,30+/m1/s1. The number of thiophene rings is 1. The van der Waals surface area contributed by atoms with Crippen molar-refractivity contribution in [3.8, 4) is 5.75 Å². The molecule has 1 fully saturated rings. The summed E-state index contributed by atoms with van der Waals surface area (Å²) in [5, 5.41) is 14.9. The monoisotopic (exact) mass is 663 g/mol. The molecule has 4 rings (SSSR count). The molecular weight excluding hydrogens is 615 g/mol. The second kappa shape index (κ2) is 16.4. The van der Waals surface area contributed by atoms with Crippen molar-refractivity contribution in [3.05, 3.63) is 41.3 Å². The number of fused-ring (bicyclic) bond motifs is 1. The zero-order valence-electron chi connectivity index (χ0n) is 26.9. The van der Waals surface area contributed by atoms with Gasteiger partial charge in [0.25, 0.3) is 15.9 Å². The Kier molecular flexibility index (Phi) is 12.8. The first kappa shape index (κ1) is 35.3. The average molecular weight is 664 g/mol. The quantitative estimate of drug-likeness (QED) is 0.388. The molecule has 0 spiro atoms. The van der Waals surface area contributed by atoms with Crippen molar-refractivity contribution in [2.45, 2.75) is 94.6 Å². The van der Waals surface area contributed by atoms with Crippen molar-refractivity contribution >= 4 is 38.9 Å². The Morgan fingerprint density at radius 3 is 2.56 bits per heavy atom. The van der Waals surface area contributed by atoms with Crippen LogP contribution in [0.5, 0.6) is 5.75 Å². The number of amides is 2. The number of carbonyl (C=O) groups excluding carboxylic acids is 2. The van der Waals surface area contributed by atoms with Gasteiger partial charge in [-0.2, -0.15) is 4.31 Å². The fraction of sp³-hybridized carbons (Fsp3) is 0.636. The molecule has 2 N–H and O–H groups in total. The first-order valence-corrected chi connectivity index (χ1v) is 18.5. The van der Waals surface area contributed by atoms with Crippen molar-refractivity contribution in [1.29, 1.82) is 0 Å². The van der Waals surface area contributed by atoms with Crippen LogP contribution in [0.4, 0.5) is 5.69 Å². The van der Waals surface area contributed by atoms with Crippen LogP contribution in [0.25, 0.3) is 0 Å². The molecule has 1 aromatic carbocycles. The number of sulfonamides is 1. The third-order valence-corrected chi connectivity index (χ3v) is 12.1. The summed E-state index contributed by atoms with van der Waals surface area (Å²) >= 11 is 1.17. The molecule has 2 amide bonds. The third-order valence-electron chi connectivity index (χ3n) is 8.89. The second-order valence-electron chi connectivity index (χ2n) is 12.6. The maximum atomic E-state index is 14.3. The van der Waals surface area contributed by atoms with Gasteiger partial charge in [-0.15, -0.1) is 11.3 Å². The van der Waals surface area contributed by atoms with Gasteiger partial charge in [0.05, 0.1) is 30.4 Å². The van der Waals surface area contributed by atoms with Gasteiger partial charge in [0.15, 0.2) is 0 Å². The highest BCUT2D eigenvalue weighted by molar-refractivity contribution is 7.91. The van der Waals surface area contributed by atoms with E-state index in [-0.39, 0.29) is 53.7 Å². The highest BCUT2D eigenvalue weighted by atomic mass is 32.2. The minimum Gasteiger partial charge on any atom is -0.490 e. The predicted octanol–water partition coefficient (Wildman–Crippen LogP) is 5.38. The van der Waals surface area contributed by atoms with Gasteiger partial charge in [0.2, 0.25) is 5.91 Å². The topological polar surface area (TPSA) is 125 Å². The minimum absolute atomic E-state index is 0.0342.